The van der Waals surface area contributed by atoms with Crippen molar-refractivity contribution in [2.45, 2.75) is 4.90 Å². The van der Waals surface area contributed by atoms with E-state index in [0.29, 0.717) is 0 Å². The largest absolute Gasteiger partial charge is 0.495 e. The number of rotatable bonds is 3. The maximum atomic E-state index is 11.5. The van der Waals surface area contributed by atoms with Crippen molar-refractivity contribution < 1.29 is 16.3 Å². The van der Waals surface area contributed by atoms with Crippen LogP contribution in [0, 0.1) is 0 Å². The summed E-state index contributed by atoms with van der Waals surface area (Å²) in [5.41, 5.74) is 0. The standard InChI is InChI=1S/C8H9NO3S/c1-7(10)9-13(11,12)8-5-3-2-4-6-8/h2-6,9-10H,1H2/i1D2. The summed E-state index contributed by atoms with van der Waals surface area (Å²) >= 11 is 0. The molecule has 0 unspecified atom stereocenters. The third-order valence-corrected chi connectivity index (χ3v) is 2.64. The second kappa shape index (κ2) is 3.49. The molecule has 0 atom stereocenters. The highest BCUT2D eigenvalue weighted by molar-refractivity contribution is 7.89. The Balaban J connectivity index is 3.02. The molecule has 2 N–H and O–H groups in total. The predicted molar refractivity (Wildman–Crippen MR) is 48.5 cm³/mol. The maximum Gasteiger partial charge on any atom is 0.264 e. The van der Waals surface area contributed by atoms with Crippen LogP contribution in [0.1, 0.15) is 2.74 Å². The van der Waals surface area contributed by atoms with E-state index in [1.54, 1.807) is 10.8 Å². The van der Waals surface area contributed by atoms with Gasteiger partial charge in [-0.25, -0.2) is 8.42 Å². The summed E-state index contributed by atoms with van der Waals surface area (Å²) in [7, 11) is -3.90. The average molecular weight is 201 g/mol. The summed E-state index contributed by atoms with van der Waals surface area (Å²) in [5, 5.41) is 8.94. The van der Waals surface area contributed by atoms with E-state index in [4.69, 9.17) is 7.85 Å². The molecule has 13 heavy (non-hydrogen) atoms. The molecule has 1 aromatic carbocycles. The van der Waals surface area contributed by atoms with Crippen molar-refractivity contribution in [2.75, 3.05) is 0 Å². The Morgan fingerprint density at radius 3 is 2.62 bits per heavy atom. The lowest BCUT2D eigenvalue weighted by Gasteiger charge is -2.04. The summed E-state index contributed by atoms with van der Waals surface area (Å²) in [6, 6.07) is 7.37. The SMILES string of the molecule is [2H]C([2H])=C(O)NS(=O)(=O)c1ccccc1. The Morgan fingerprint density at radius 2 is 2.08 bits per heavy atom. The minimum Gasteiger partial charge on any atom is -0.495 e. The molecule has 0 saturated heterocycles. The zero-order chi connectivity index (χ0) is 11.5. The van der Waals surface area contributed by atoms with Gasteiger partial charge >= 0.3 is 0 Å². The molecule has 0 aliphatic carbocycles. The number of aliphatic hydroxyl groups is 1. The molecule has 0 radical (unpaired) electrons. The van der Waals surface area contributed by atoms with Gasteiger partial charge in [0.2, 0.25) is 0 Å². The lowest BCUT2D eigenvalue weighted by molar-refractivity contribution is 0.391. The first-order valence-corrected chi connectivity index (χ1v) is 4.86. The number of aliphatic hydroxyl groups excluding tert-OH is 1. The van der Waals surface area contributed by atoms with E-state index in [1.165, 1.54) is 24.3 Å². The van der Waals surface area contributed by atoms with Gasteiger partial charge < -0.3 is 5.11 Å². The molecular formula is C8H9NO3S. The van der Waals surface area contributed by atoms with Gasteiger partial charge in [-0.05, 0) is 18.7 Å². The van der Waals surface area contributed by atoms with Gasteiger partial charge in [0.05, 0.1) is 7.64 Å². The lowest BCUT2D eigenvalue weighted by atomic mass is 10.4. The monoisotopic (exact) mass is 201 g/mol. The molecule has 0 heterocycles. The quantitative estimate of drug-likeness (QED) is 0.717. The number of hydrogen-bond acceptors (Lipinski definition) is 3. The Morgan fingerprint density at radius 1 is 1.46 bits per heavy atom. The molecule has 4 nitrogen and oxygen atoms in total. The van der Waals surface area contributed by atoms with E-state index in [9.17, 15) is 8.42 Å². The molecule has 1 aromatic rings. The second-order valence-corrected chi connectivity index (χ2v) is 3.95. The molecule has 1 rings (SSSR count). The highest BCUT2D eigenvalue weighted by atomic mass is 32.2. The van der Waals surface area contributed by atoms with E-state index in [0.717, 1.165) is 0 Å². The molecule has 5 heteroatoms. The van der Waals surface area contributed by atoms with Crippen LogP contribution in [0.2, 0.25) is 0 Å². The van der Waals surface area contributed by atoms with Crippen molar-refractivity contribution in [1.82, 2.24) is 4.72 Å². The van der Waals surface area contributed by atoms with Crippen LogP contribution < -0.4 is 4.72 Å². The number of hydrogen-bond donors (Lipinski definition) is 2. The van der Waals surface area contributed by atoms with Crippen LogP contribution in [0.3, 0.4) is 0 Å². The van der Waals surface area contributed by atoms with Gasteiger partial charge in [-0.3, -0.25) is 4.72 Å². The highest BCUT2D eigenvalue weighted by Gasteiger charge is 2.12. The molecule has 0 spiro atoms. The normalized spacial score (nSPS) is 12.6. The van der Waals surface area contributed by atoms with E-state index < -0.39 is 22.4 Å². The highest BCUT2D eigenvalue weighted by Crippen LogP contribution is 2.07. The van der Waals surface area contributed by atoms with Gasteiger partial charge in [-0.15, -0.1) is 0 Å². The van der Waals surface area contributed by atoms with Gasteiger partial charge in [-0.2, -0.15) is 0 Å². The summed E-state index contributed by atoms with van der Waals surface area (Å²) in [5.74, 6) is -1.00. The van der Waals surface area contributed by atoms with Crippen molar-refractivity contribution in [2.24, 2.45) is 0 Å². The van der Waals surface area contributed by atoms with Gasteiger partial charge in [0.25, 0.3) is 10.0 Å². The minimum atomic E-state index is -3.90. The molecule has 0 amide bonds. The summed E-state index contributed by atoms with van der Waals surface area (Å²) < 4.78 is 38.0. The summed E-state index contributed by atoms with van der Waals surface area (Å²) in [4.78, 5) is -0.0437. The molecule has 0 aliphatic heterocycles. The Hall–Kier alpha value is -1.49. The van der Waals surface area contributed by atoms with E-state index in [2.05, 4.69) is 0 Å². The average Bonchev–Trinajstić information content (AvgIpc) is 2.18. The molecular weight excluding hydrogens is 190 g/mol. The van der Waals surface area contributed by atoms with Crippen LogP contribution >= 0.6 is 0 Å². The Kier molecular flexibility index (Phi) is 1.87. The number of benzene rings is 1. The molecule has 0 aliphatic rings. The molecule has 70 valence electrons. The topological polar surface area (TPSA) is 66.4 Å². The minimum absolute atomic E-state index is 0.0437. The van der Waals surface area contributed by atoms with Crippen LogP contribution in [-0.4, -0.2) is 13.5 Å². The smallest absolute Gasteiger partial charge is 0.264 e. The fraction of sp³-hybridized carbons (Fsp3) is 0. The van der Waals surface area contributed by atoms with Crippen LogP contribution in [-0.2, 0) is 10.0 Å². The van der Waals surface area contributed by atoms with E-state index in [1.807, 2.05) is 0 Å². The summed E-state index contributed by atoms with van der Waals surface area (Å²) in [6.45, 7) is -0.991. The van der Waals surface area contributed by atoms with Gasteiger partial charge in [-0.1, -0.05) is 18.2 Å². The van der Waals surface area contributed by atoms with Crippen LogP contribution in [0.5, 0.6) is 0 Å². The zero-order valence-electron chi connectivity index (χ0n) is 8.56. The van der Waals surface area contributed by atoms with E-state index >= 15 is 0 Å². The molecule has 0 fully saturated rings. The third kappa shape index (κ3) is 2.48. The fourth-order valence-corrected chi connectivity index (χ4v) is 1.67. The Bertz CT molecular complexity index is 466. The van der Waals surface area contributed by atoms with Crippen LogP contribution in [0.4, 0.5) is 0 Å². The fourth-order valence-electron chi connectivity index (χ4n) is 0.786. The number of nitrogens with one attached hydrogen (secondary N) is 1. The second-order valence-electron chi connectivity index (χ2n) is 2.27. The molecule has 0 bridgehead atoms. The first-order chi connectivity index (χ1) is 6.93. The number of sulfonamides is 1. The third-order valence-electron chi connectivity index (χ3n) is 1.28. The van der Waals surface area contributed by atoms with Crippen LogP contribution in [0.25, 0.3) is 0 Å². The molecule has 0 aromatic heterocycles. The van der Waals surface area contributed by atoms with Crippen molar-refractivity contribution in [3.8, 4) is 0 Å². The van der Waals surface area contributed by atoms with Crippen molar-refractivity contribution in [3.63, 3.8) is 0 Å². The zero-order valence-corrected chi connectivity index (χ0v) is 7.38. The van der Waals surface area contributed by atoms with Gasteiger partial charge in [0, 0.05) is 0 Å². The Labute approximate surface area is 79.4 Å². The van der Waals surface area contributed by atoms with E-state index in [-0.39, 0.29) is 4.90 Å². The van der Waals surface area contributed by atoms with Gasteiger partial charge in [0.15, 0.2) is 5.88 Å². The first kappa shape index (κ1) is 6.97. The van der Waals surface area contributed by atoms with Crippen molar-refractivity contribution in [1.29, 1.82) is 0 Å². The lowest BCUT2D eigenvalue weighted by Crippen LogP contribution is -2.22. The summed E-state index contributed by atoms with van der Waals surface area (Å²) in [6.07, 6.45) is 0. The van der Waals surface area contributed by atoms with Crippen LogP contribution in [0.15, 0.2) is 47.6 Å². The van der Waals surface area contributed by atoms with Crippen molar-refractivity contribution in [3.05, 3.63) is 42.7 Å². The maximum absolute atomic E-state index is 11.5. The van der Waals surface area contributed by atoms with Gasteiger partial charge in [0.1, 0.15) is 0 Å². The van der Waals surface area contributed by atoms with Crippen molar-refractivity contribution >= 4 is 10.0 Å². The molecule has 0 saturated carbocycles. The predicted octanol–water partition coefficient (Wildman–Crippen LogP) is 0.994. The first-order valence-electron chi connectivity index (χ1n) is 4.38.